The van der Waals surface area contributed by atoms with Crippen molar-refractivity contribution in [2.75, 3.05) is 0 Å². The Hall–Kier alpha value is -3.40. The molecule has 0 radical (unpaired) electrons. The number of aryl methyl sites for hydroxylation is 1. The van der Waals surface area contributed by atoms with Gasteiger partial charge < -0.3 is 4.98 Å². The summed E-state index contributed by atoms with van der Waals surface area (Å²) in [4.78, 5) is 14.5. The molecule has 0 saturated heterocycles. The van der Waals surface area contributed by atoms with Crippen LogP contribution in [0.15, 0.2) is 72.8 Å². The Kier molecular flexibility index (Phi) is 3.58. The third-order valence-corrected chi connectivity index (χ3v) is 4.44. The van der Waals surface area contributed by atoms with Crippen LogP contribution in [0.2, 0.25) is 0 Å². The molecule has 4 heteroatoms. The van der Waals surface area contributed by atoms with E-state index in [-0.39, 0.29) is 10.6 Å². The van der Waals surface area contributed by atoms with Gasteiger partial charge in [-0.3, -0.25) is 10.1 Å². The van der Waals surface area contributed by atoms with Crippen molar-refractivity contribution >= 4 is 16.6 Å². The molecule has 4 aromatic rings. The molecule has 1 aromatic heterocycles. The summed E-state index contributed by atoms with van der Waals surface area (Å²) < 4.78 is 0. The van der Waals surface area contributed by atoms with E-state index in [2.05, 4.69) is 4.98 Å². The van der Waals surface area contributed by atoms with Gasteiger partial charge in [-0.1, -0.05) is 60.7 Å². The van der Waals surface area contributed by atoms with Crippen LogP contribution in [-0.2, 0) is 0 Å². The molecule has 0 atom stereocenters. The van der Waals surface area contributed by atoms with Crippen molar-refractivity contribution in [1.82, 2.24) is 4.98 Å². The molecular formula is C21H16N2O2. The molecule has 122 valence electrons. The van der Waals surface area contributed by atoms with Crippen molar-refractivity contribution in [3.05, 3.63) is 88.5 Å². The van der Waals surface area contributed by atoms with Gasteiger partial charge in [0.2, 0.25) is 0 Å². The predicted molar refractivity (Wildman–Crippen MR) is 101 cm³/mol. The fourth-order valence-electron chi connectivity index (χ4n) is 3.26. The average Bonchev–Trinajstić information content (AvgIpc) is 3.00. The molecule has 3 aromatic carbocycles. The van der Waals surface area contributed by atoms with E-state index in [1.807, 2.05) is 66.7 Å². The molecule has 4 nitrogen and oxygen atoms in total. The lowest BCUT2D eigenvalue weighted by Gasteiger charge is -2.06. The molecule has 0 bridgehead atoms. The van der Waals surface area contributed by atoms with Crippen molar-refractivity contribution in [1.29, 1.82) is 0 Å². The van der Waals surface area contributed by atoms with E-state index in [1.165, 1.54) is 0 Å². The van der Waals surface area contributed by atoms with E-state index in [1.54, 1.807) is 13.0 Å². The molecule has 0 spiro atoms. The minimum atomic E-state index is -0.321. The first-order valence-electron chi connectivity index (χ1n) is 8.06. The maximum Gasteiger partial charge on any atom is 0.273 e. The highest BCUT2D eigenvalue weighted by Crippen LogP contribution is 2.40. The first-order valence-corrected chi connectivity index (χ1v) is 8.06. The van der Waals surface area contributed by atoms with Crippen molar-refractivity contribution in [3.8, 4) is 22.4 Å². The number of H-pyrrole nitrogens is 1. The van der Waals surface area contributed by atoms with Gasteiger partial charge >= 0.3 is 0 Å². The Morgan fingerprint density at radius 2 is 1.48 bits per heavy atom. The van der Waals surface area contributed by atoms with Gasteiger partial charge in [0, 0.05) is 28.1 Å². The third-order valence-electron chi connectivity index (χ3n) is 4.44. The van der Waals surface area contributed by atoms with Gasteiger partial charge in [0.25, 0.3) is 5.69 Å². The van der Waals surface area contributed by atoms with Crippen molar-refractivity contribution in [2.24, 2.45) is 0 Å². The summed E-state index contributed by atoms with van der Waals surface area (Å²) in [6.45, 7) is 1.77. The molecule has 0 aliphatic rings. The van der Waals surface area contributed by atoms with E-state index in [0.29, 0.717) is 5.56 Å². The zero-order chi connectivity index (χ0) is 17.4. The number of aromatic nitrogens is 1. The SMILES string of the molecule is Cc1cc2[nH]c(-c3ccccc3)c(-c3ccccc3)c2cc1[N+](=O)[O-]. The van der Waals surface area contributed by atoms with E-state index >= 15 is 0 Å². The number of benzene rings is 3. The van der Waals surface area contributed by atoms with Crippen molar-refractivity contribution in [2.45, 2.75) is 6.92 Å². The topological polar surface area (TPSA) is 58.9 Å². The summed E-state index contributed by atoms with van der Waals surface area (Å²) in [7, 11) is 0. The molecule has 0 unspecified atom stereocenters. The van der Waals surface area contributed by atoms with Crippen molar-refractivity contribution < 1.29 is 4.92 Å². The summed E-state index contributed by atoms with van der Waals surface area (Å²) >= 11 is 0. The summed E-state index contributed by atoms with van der Waals surface area (Å²) in [6, 6.07) is 23.5. The fraction of sp³-hybridized carbons (Fsp3) is 0.0476. The largest absolute Gasteiger partial charge is 0.354 e. The molecule has 0 aliphatic heterocycles. The number of hydrogen-bond acceptors (Lipinski definition) is 2. The Bertz CT molecular complexity index is 1070. The molecule has 1 N–H and O–H groups in total. The molecule has 0 aliphatic carbocycles. The Balaban J connectivity index is 2.10. The first kappa shape index (κ1) is 15.1. The maximum atomic E-state index is 11.4. The van der Waals surface area contributed by atoms with E-state index < -0.39 is 0 Å². The normalized spacial score (nSPS) is 10.9. The molecule has 25 heavy (non-hydrogen) atoms. The number of aromatic amines is 1. The number of nitro groups is 1. The second-order valence-electron chi connectivity index (χ2n) is 6.05. The quantitative estimate of drug-likeness (QED) is 0.386. The van der Waals surface area contributed by atoms with E-state index in [9.17, 15) is 10.1 Å². The van der Waals surface area contributed by atoms with Crippen LogP contribution >= 0.6 is 0 Å². The first-order chi connectivity index (χ1) is 12.1. The van der Waals surface area contributed by atoms with Gasteiger partial charge in [-0.2, -0.15) is 0 Å². The Morgan fingerprint density at radius 1 is 0.880 bits per heavy atom. The molecule has 1 heterocycles. The zero-order valence-corrected chi connectivity index (χ0v) is 13.7. The predicted octanol–water partition coefficient (Wildman–Crippen LogP) is 5.72. The molecule has 0 saturated carbocycles. The lowest BCUT2D eigenvalue weighted by molar-refractivity contribution is -0.385. The highest BCUT2D eigenvalue weighted by Gasteiger charge is 2.19. The highest BCUT2D eigenvalue weighted by atomic mass is 16.6. The Morgan fingerprint density at radius 3 is 2.08 bits per heavy atom. The minimum Gasteiger partial charge on any atom is -0.354 e. The smallest absolute Gasteiger partial charge is 0.273 e. The van der Waals surface area contributed by atoms with Gasteiger partial charge in [0.1, 0.15) is 0 Å². The van der Waals surface area contributed by atoms with Crippen molar-refractivity contribution in [3.63, 3.8) is 0 Å². The number of nitro benzene ring substituents is 1. The van der Waals surface area contributed by atoms with Crippen LogP contribution in [-0.4, -0.2) is 9.91 Å². The molecule has 0 fully saturated rings. The minimum absolute atomic E-state index is 0.142. The number of hydrogen-bond donors (Lipinski definition) is 1. The van der Waals surface area contributed by atoms with Crippen LogP contribution < -0.4 is 0 Å². The lowest BCUT2D eigenvalue weighted by Crippen LogP contribution is -1.91. The number of fused-ring (bicyclic) bond motifs is 1. The monoisotopic (exact) mass is 328 g/mol. The number of rotatable bonds is 3. The Labute approximate surface area is 144 Å². The van der Waals surface area contributed by atoms with Gasteiger partial charge in [-0.25, -0.2) is 0 Å². The number of nitrogens with one attached hydrogen (secondary N) is 1. The summed E-state index contributed by atoms with van der Waals surface area (Å²) in [5.74, 6) is 0. The third kappa shape index (κ3) is 2.58. The van der Waals surface area contributed by atoms with Crippen LogP contribution in [0, 0.1) is 17.0 Å². The number of nitrogens with zero attached hydrogens (tertiary/aromatic N) is 1. The molecule has 4 rings (SSSR count). The van der Waals surface area contributed by atoms with Gasteiger partial charge in [-0.15, -0.1) is 0 Å². The second-order valence-corrected chi connectivity index (χ2v) is 6.05. The van der Waals surface area contributed by atoms with E-state index in [0.717, 1.165) is 33.3 Å². The van der Waals surface area contributed by atoms with Gasteiger partial charge in [0.05, 0.1) is 10.6 Å². The van der Waals surface area contributed by atoms with Crippen LogP contribution in [0.3, 0.4) is 0 Å². The van der Waals surface area contributed by atoms with Crippen LogP contribution in [0.5, 0.6) is 0 Å². The van der Waals surface area contributed by atoms with Gasteiger partial charge in [0.15, 0.2) is 0 Å². The maximum absolute atomic E-state index is 11.4. The van der Waals surface area contributed by atoms with Crippen LogP contribution in [0.4, 0.5) is 5.69 Å². The summed E-state index contributed by atoms with van der Waals surface area (Å²) in [6.07, 6.45) is 0. The molecule has 0 amide bonds. The van der Waals surface area contributed by atoms with Crippen LogP contribution in [0.1, 0.15) is 5.56 Å². The standard InChI is InChI=1S/C21H16N2O2/c1-14-12-18-17(13-19(14)23(24)25)20(15-8-4-2-5-9-15)21(22-18)16-10-6-3-7-11-16/h2-13,22H,1H3. The summed E-state index contributed by atoms with van der Waals surface area (Å²) in [5, 5.41) is 12.2. The zero-order valence-electron chi connectivity index (χ0n) is 13.7. The second kappa shape index (κ2) is 5.91. The average molecular weight is 328 g/mol. The van der Waals surface area contributed by atoms with Crippen LogP contribution in [0.25, 0.3) is 33.3 Å². The van der Waals surface area contributed by atoms with E-state index in [4.69, 9.17) is 0 Å². The van der Waals surface area contributed by atoms with Gasteiger partial charge in [-0.05, 0) is 24.1 Å². The fourth-order valence-corrected chi connectivity index (χ4v) is 3.26. The lowest BCUT2D eigenvalue weighted by atomic mass is 9.97. The molecular weight excluding hydrogens is 312 g/mol. The highest BCUT2D eigenvalue weighted by molar-refractivity contribution is 6.04. The summed E-state index contributed by atoms with van der Waals surface area (Å²) in [5.41, 5.74) is 5.75.